The summed E-state index contributed by atoms with van der Waals surface area (Å²) >= 11 is 0. The second-order valence-electron chi connectivity index (χ2n) is 10.6. The molecule has 43 heavy (non-hydrogen) atoms. The van der Waals surface area contributed by atoms with Crippen molar-refractivity contribution in [3.05, 3.63) is 77.4 Å². The lowest BCUT2D eigenvalue weighted by atomic mass is 9.77. The highest BCUT2D eigenvalue weighted by atomic mass is 16.5. The van der Waals surface area contributed by atoms with Crippen LogP contribution >= 0.6 is 0 Å². The first kappa shape index (κ1) is 31.8. The van der Waals surface area contributed by atoms with Gasteiger partial charge in [-0.2, -0.15) is 0 Å². The van der Waals surface area contributed by atoms with E-state index in [2.05, 4.69) is 11.9 Å². The monoisotopic (exact) mass is 592 g/mol. The first-order valence-electron chi connectivity index (χ1n) is 14.5. The van der Waals surface area contributed by atoms with E-state index < -0.39 is 30.1 Å². The van der Waals surface area contributed by atoms with Crippen LogP contribution in [0.3, 0.4) is 0 Å². The fourth-order valence-electron chi connectivity index (χ4n) is 5.78. The average Bonchev–Trinajstić information content (AvgIpc) is 3.42. The minimum atomic E-state index is -1.20. The standard InChI is InChI=1S/C33H40N2O8/c1-4-5-6-7-11-28(38)35(14-12-21-9-8-10-23(16-21)41-2)26-19-25(33(40)34-13-15-36)29-24-17-22(20-37)18-27(42-3)31(24)43-32(29)30(26)39/h4,8-10,16-20,26,29-30,32,36,39H,1,5-7,11-15H2,2-3H3,(H,34,40). The van der Waals surface area contributed by atoms with E-state index in [1.54, 1.807) is 24.2 Å². The zero-order valence-corrected chi connectivity index (χ0v) is 24.7. The van der Waals surface area contributed by atoms with E-state index in [0.717, 1.165) is 18.4 Å². The molecule has 1 heterocycles. The maximum atomic E-state index is 13.7. The van der Waals surface area contributed by atoms with Gasteiger partial charge in [-0.1, -0.05) is 18.2 Å². The Morgan fingerprint density at radius 3 is 2.67 bits per heavy atom. The van der Waals surface area contributed by atoms with Gasteiger partial charge < -0.3 is 34.6 Å². The molecule has 2 amide bonds. The number of fused-ring (bicyclic) bond motifs is 3. The summed E-state index contributed by atoms with van der Waals surface area (Å²) in [5.74, 6) is 0.0000959. The van der Waals surface area contributed by atoms with Gasteiger partial charge in [-0.3, -0.25) is 14.4 Å². The van der Waals surface area contributed by atoms with Crippen LogP contribution in [0.25, 0.3) is 0 Å². The summed E-state index contributed by atoms with van der Waals surface area (Å²) in [6.45, 7) is 3.79. The van der Waals surface area contributed by atoms with E-state index in [4.69, 9.17) is 14.2 Å². The highest BCUT2D eigenvalue weighted by Crippen LogP contribution is 2.51. The first-order valence-corrected chi connectivity index (χ1v) is 14.5. The third-order valence-corrected chi connectivity index (χ3v) is 7.92. The van der Waals surface area contributed by atoms with Crippen LogP contribution in [0.5, 0.6) is 17.2 Å². The largest absolute Gasteiger partial charge is 0.497 e. The second kappa shape index (κ2) is 14.8. The van der Waals surface area contributed by atoms with Crippen LogP contribution in [0.2, 0.25) is 0 Å². The van der Waals surface area contributed by atoms with Gasteiger partial charge in [-0.15, -0.1) is 6.58 Å². The van der Waals surface area contributed by atoms with Crippen molar-refractivity contribution in [1.29, 1.82) is 0 Å². The molecule has 0 aromatic heterocycles. The number of rotatable bonds is 15. The van der Waals surface area contributed by atoms with Gasteiger partial charge in [-0.25, -0.2) is 0 Å². The number of amides is 2. The molecule has 2 aliphatic rings. The van der Waals surface area contributed by atoms with Gasteiger partial charge in [0.05, 0.1) is 32.8 Å². The normalized spacial score (nSPS) is 20.1. The lowest BCUT2D eigenvalue weighted by Gasteiger charge is -2.41. The number of nitrogens with zero attached hydrogens (tertiary/aromatic N) is 1. The summed E-state index contributed by atoms with van der Waals surface area (Å²) in [6.07, 6.45) is 5.00. The molecule has 0 spiro atoms. The third kappa shape index (κ3) is 7.09. The topological polar surface area (TPSA) is 135 Å². The van der Waals surface area contributed by atoms with Crippen molar-refractivity contribution in [2.45, 2.75) is 56.3 Å². The van der Waals surface area contributed by atoms with Gasteiger partial charge in [-0.05, 0) is 61.6 Å². The van der Waals surface area contributed by atoms with E-state index in [-0.39, 0.29) is 37.6 Å². The number of methoxy groups -OCH3 is 2. The van der Waals surface area contributed by atoms with Gasteiger partial charge in [0.2, 0.25) is 11.8 Å². The number of aldehydes is 1. The van der Waals surface area contributed by atoms with E-state index >= 15 is 0 Å². The molecule has 0 saturated heterocycles. The fourth-order valence-corrected chi connectivity index (χ4v) is 5.78. The zero-order valence-electron chi connectivity index (χ0n) is 24.7. The molecular weight excluding hydrogens is 552 g/mol. The molecule has 0 bridgehead atoms. The van der Waals surface area contributed by atoms with Crippen molar-refractivity contribution in [2.24, 2.45) is 0 Å². The molecule has 1 aliphatic carbocycles. The van der Waals surface area contributed by atoms with Crippen molar-refractivity contribution in [1.82, 2.24) is 10.2 Å². The molecule has 4 unspecified atom stereocenters. The van der Waals surface area contributed by atoms with Crippen molar-refractivity contribution in [3.8, 4) is 17.2 Å². The molecule has 0 fully saturated rings. The van der Waals surface area contributed by atoms with Crippen LogP contribution in [-0.2, 0) is 16.0 Å². The fraction of sp³-hybridized carbons (Fsp3) is 0.424. The molecule has 10 heteroatoms. The SMILES string of the molecule is C=CCCCCC(=O)N(CCc1cccc(OC)c1)C1C=C(C(=O)NCCO)C2c3cc(C=O)cc(OC)c3OC2C1O. The number of aliphatic hydroxyl groups is 2. The van der Waals surface area contributed by atoms with Crippen LogP contribution in [0.1, 0.15) is 53.1 Å². The van der Waals surface area contributed by atoms with Gasteiger partial charge in [0.25, 0.3) is 0 Å². The Labute approximate surface area is 251 Å². The highest BCUT2D eigenvalue weighted by Gasteiger charge is 2.51. The number of unbranched alkanes of at least 4 members (excludes halogenated alkanes) is 2. The molecule has 0 radical (unpaired) electrons. The van der Waals surface area contributed by atoms with Crippen LogP contribution in [0.15, 0.2) is 60.7 Å². The molecule has 2 aromatic rings. The van der Waals surface area contributed by atoms with E-state index in [9.17, 15) is 24.6 Å². The van der Waals surface area contributed by atoms with Crippen molar-refractivity contribution in [3.63, 3.8) is 0 Å². The van der Waals surface area contributed by atoms with E-state index in [0.29, 0.717) is 47.5 Å². The number of nitrogens with one attached hydrogen (secondary N) is 1. The summed E-state index contributed by atoms with van der Waals surface area (Å²) in [6, 6.07) is 9.85. The molecule has 3 N–H and O–H groups in total. The number of carbonyl (C=O) groups is 3. The van der Waals surface area contributed by atoms with Crippen molar-refractivity contribution in [2.75, 3.05) is 33.9 Å². The Kier molecular flexibility index (Phi) is 11.0. The molecule has 4 rings (SSSR count). The number of benzene rings is 2. The Morgan fingerprint density at radius 1 is 1.16 bits per heavy atom. The van der Waals surface area contributed by atoms with Gasteiger partial charge in [0.1, 0.15) is 24.2 Å². The molecule has 230 valence electrons. The summed E-state index contributed by atoms with van der Waals surface area (Å²) in [5.41, 5.74) is 2.10. The highest BCUT2D eigenvalue weighted by molar-refractivity contribution is 5.96. The number of aliphatic hydroxyl groups excluding tert-OH is 2. The van der Waals surface area contributed by atoms with Crippen LogP contribution in [0.4, 0.5) is 0 Å². The van der Waals surface area contributed by atoms with Crippen molar-refractivity contribution >= 4 is 18.1 Å². The number of allylic oxidation sites excluding steroid dienone is 1. The van der Waals surface area contributed by atoms with Crippen LogP contribution in [-0.4, -0.2) is 85.4 Å². The van der Waals surface area contributed by atoms with E-state index in [1.807, 2.05) is 30.3 Å². The Hall–Kier alpha value is -4.15. The number of hydrogen-bond acceptors (Lipinski definition) is 8. The summed E-state index contributed by atoms with van der Waals surface area (Å²) in [7, 11) is 3.04. The maximum absolute atomic E-state index is 13.7. The molecule has 2 aromatic carbocycles. The second-order valence-corrected chi connectivity index (χ2v) is 10.6. The zero-order chi connectivity index (χ0) is 30.9. The Morgan fingerprint density at radius 2 is 1.98 bits per heavy atom. The van der Waals surface area contributed by atoms with Gasteiger partial charge in [0, 0.05) is 36.2 Å². The number of ether oxygens (including phenoxy) is 3. The third-order valence-electron chi connectivity index (χ3n) is 7.92. The maximum Gasteiger partial charge on any atom is 0.247 e. The number of carbonyl (C=O) groups excluding carboxylic acids is 3. The van der Waals surface area contributed by atoms with E-state index in [1.165, 1.54) is 13.2 Å². The Balaban J connectivity index is 1.74. The minimum absolute atomic E-state index is 0.0218. The van der Waals surface area contributed by atoms with Crippen LogP contribution in [0, 0.1) is 0 Å². The molecule has 1 aliphatic heterocycles. The smallest absolute Gasteiger partial charge is 0.247 e. The van der Waals surface area contributed by atoms with Crippen molar-refractivity contribution < 1.29 is 38.8 Å². The molecule has 4 atom stereocenters. The minimum Gasteiger partial charge on any atom is -0.497 e. The lowest BCUT2D eigenvalue weighted by Crippen LogP contribution is -2.56. The number of hydrogen-bond donors (Lipinski definition) is 3. The summed E-state index contributed by atoms with van der Waals surface area (Å²) in [4.78, 5) is 40.6. The van der Waals surface area contributed by atoms with Gasteiger partial charge in [0.15, 0.2) is 11.5 Å². The quantitative estimate of drug-likeness (QED) is 0.163. The predicted octanol–water partition coefficient (Wildman–Crippen LogP) is 2.96. The predicted molar refractivity (Wildman–Crippen MR) is 161 cm³/mol. The molecule has 0 saturated carbocycles. The molecular formula is C33H40N2O8. The van der Waals surface area contributed by atoms with Gasteiger partial charge >= 0.3 is 0 Å². The molecule has 10 nitrogen and oxygen atoms in total. The first-order chi connectivity index (χ1) is 20.9. The lowest BCUT2D eigenvalue weighted by molar-refractivity contribution is -0.137. The summed E-state index contributed by atoms with van der Waals surface area (Å²) in [5, 5.41) is 23.9. The Bertz CT molecular complexity index is 1360. The van der Waals surface area contributed by atoms with Crippen LogP contribution < -0.4 is 19.5 Å². The summed E-state index contributed by atoms with van der Waals surface area (Å²) < 4.78 is 17.1. The average molecular weight is 593 g/mol.